The molecule has 1 saturated heterocycles. The predicted molar refractivity (Wildman–Crippen MR) is 36.5 cm³/mol. The fourth-order valence-corrected chi connectivity index (χ4v) is 1.07. The number of aliphatic hydroxyl groups excluding tert-OH is 3. The smallest absolute Gasteiger partial charge is 0.183 e. The van der Waals surface area contributed by atoms with Crippen LogP contribution in [0.3, 0.4) is 0 Å². The second kappa shape index (κ2) is 3.04. The van der Waals surface area contributed by atoms with Crippen LogP contribution < -0.4 is 5.73 Å². The molecule has 0 aromatic heterocycles. The molecule has 0 amide bonds. The maximum absolute atomic E-state index is 9.17. The van der Waals surface area contributed by atoms with Gasteiger partial charge in [-0.25, -0.2) is 0 Å². The van der Waals surface area contributed by atoms with E-state index in [2.05, 4.69) is 0 Å². The molecular formula is C6H13NO4. The van der Waals surface area contributed by atoms with Gasteiger partial charge in [-0.1, -0.05) is 0 Å². The summed E-state index contributed by atoms with van der Waals surface area (Å²) in [6, 6.07) is -0.645. The second-order valence-corrected chi connectivity index (χ2v) is 2.79. The molecule has 5 N–H and O–H groups in total. The lowest BCUT2D eigenvalue weighted by molar-refractivity contribution is -0.249. The number of nitrogens with two attached hydrogens (primary N) is 1. The van der Waals surface area contributed by atoms with Gasteiger partial charge in [0.2, 0.25) is 0 Å². The Balaban J connectivity index is 2.63. The first kappa shape index (κ1) is 8.89. The molecule has 0 aromatic rings. The Hall–Kier alpha value is -0.200. The van der Waals surface area contributed by atoms with Crippen molar-refractivity contribution in [2.45, 2.75) is 37.6 Å². The van der Waals surface area contributed by atoms with Crippen LogP contribution in [0.15, 0.2) is 0 Å². The van der Waals surface area contributed by atoms with E-state index in [1.807, 2.05) is 0 Å². The van der Waals surface area contributed by atoms with Gasteiger partial charge in [-0.05, 0) is 6.92 Å². The van der Waals surface area contributed by atoms with Crippen LogP contribution in [0.2, 0.25) is 0 Å². The Kier molecular flexibility index (Phi) is 2.46. The Morgan fingerprint density at radius 2 is 1.73 bits per heavy atom. The van der Waals surface area contributed by atoms with E-state index in [0.717, 1.165) is 0 Å². The molecule has 1 aliphatic heterocycles. The standard InChI is InChI=1S/C6H13NO4/c1-2-3(7)4(8)5(9)6(10)11-2/h2-6,8-10H,7H2,1H3/t2-,3+,4-,5+,6-/m0/s1. The minimum atomic E-state index is -1.33. The zero-order chi connectivity index (χ0) is 8.59. The molecule has 11 heavy (non-hydrogen) atoms. The van der Waals surface area contributed by atoms with E-state index in [0.29, 0.717) is 0 Å². The third kappa shape index (κ3) is 1.52. The van der Waals surface area contributed by atoms with Gasteiger partial charge < -0.3 is 25.8 Å². The molecule has 1 fully saturated rings. The summed E-state index contributed by atoms with van der Waals surface area (Å²) in [6.07, 6.45) is -4.20. The van der Waals surface area contributed by atoms with E-state index in [4.69, 9.17) is 20.7 Å². The molecule has 0 aromatic carbocycles. The largest absolute Gasteiger partial charge is 0.388 e. The lowest BCUT2D eigenvalue weighted by Gasteiger charge is -2.37. The highest BCUT2D eigenvalue weighted by Gasteiger charge is 2.39. The summed E-state index contributed by atoms with van der Waals surface area (Å²) in [6.45, 7) is 1.63. The van der Waals surface area contributed by atoms with Crippen molar-refractivity contribution in [1.82, 2.24) is 0 Å². The molecule has 0 radical (unpaired) electrons. The van der Waals surface area contributed by atoms with Gasteiger partial charge in [-0.15, -0.1) is 0 Å². The summed E-state index contributed by atoms with van der Waals surface area (Å²) >= 11 is 0. The zero-order valence-electron chi connectivity index (χ0n) is 6.21. The van der Waals surface area contributed by atoms with Crippen molar-refractivity contribution in [3.63, 3.8) is 0 Å². The Labute approximate surface area is 64.4 Å². The highest BCUT2D eigenvalue weighted by atomic mass is 16.6. The highest BCUT2D eigenvalue weighted by Crippen LogP contribution is 2.17. The van der Waals surface area contributed by atoms with Crippen LogP contribution in [0, 0.1) is 0 Å². The van der Waals surface area contributed by atoms with E-state index in [9.17, 15) is 5.11 Å². The monoisotopic (exact) mass is 163 g/mol. The fraction of sp³-hybridized carbons (Fsp3) is 1.00. The van der Waals surface area contributed by atoms with Crippen molar-refractivity contribution >= 4 is 0 Å². The molecule has 1 aliphatic rings. The number of hydrogen-bond acceptors (Lipinski definition) is 5. The summed E-state index contributed by atoms with van der Waals surface area (Å²) in [4.78, 5) is 0. The van der Waals surface area contributed by atoms with Gasteiger partial charge in [0.05, 0.1) is 12.1 Å². The number of aliphatic hydroxyl groups is 3. The van der Waals surface area contributed by atoms with Crippen molar-refractivity contribution in [2.24, 2.45) is 5.73 Å². The molecule has 5 atom stereocenters. The van der Waals surface area contributed by atoms with E-state index in [1.54, 1.807) is 6.92 Å². The van der Waals surface area contributed by atoms with Crippen molar-refractivity contribution < 1.29 is 20.1 Å². The van der Waals surface area contributed by atoms with E-state index in [-0.39, 0.29) is 0 Å². The normalized spacial score (nSPS) is 52.6. The van der Waals surface area contributed by atoms with Gasteiger partial charge in [0.1, 0.15) is 12.2 Å². The molecule has 0 spiro atoms. The summed E-state index contributed by atoms with van der Waals surface area (Å²) in [7, 11) is 0. The van der Waals surface area contributed by atoms with Crippen LogP contribution in [0.1, 0.15) is 6.92 Å². The molecule has 0 bridgehead atoms. The van der Waals surface area contributed by atoms with Crippen molar-refractivity contribution in [3.8, 4) is 0 Å². The molecule has 5 nitrogen and oxygen atoms in total. The Bertz CT molecular complexity index is 129. The highest BCUT2D eigenvalue weighted by molar-refractivity contribution is 4.89. The summed E-state index contributed by atoms with van der Waals surface area (Å²) in [5, 5.41) is 27.1. The minimum absolute atomic E-state index is 0.441. The van der Waals surface area contributed by atoms with Gasteiger partial charge in [0.25, 0.3) is 0 Å². The second-order valence-electron chi connectivity index (χ2n) is 2.79. The maximum atomic E-state index is 9.17. The molecule has 0 aliphatic carbocycles. The third-order valence-electron chi connectivity index (χ3n) is 1.93. The minimum Gasteiger partial charge on any atom is -0.388 e. The van der Waals surface area contributed by atoms with Crippen LogP contribution >= 0.6 is 0 Å². The molecule has 5 heteroatoms. The lowest BCUT2D eigenvalue weighted by Crippen LogP contribution is -2.60. The first-order valence-electron chi connectivity index (χ1n) is 3.49. The maximum Gasteiger partial charge on any atom is 0.183 e. The summed E-state index contributed by atoms with van der Waals surface area (Å²) in [5.74, 6) is 0. The average Bonchev–Trinajstić information content (AvgIpc) is 1.97. The van der Waals surface area contributed by atoms with Gasteiger partial charge in [0.15, 0.2) is 6.29 Å². The van der Waals surface area contributed by atoms with E-state index < -0.39 is 30.6 Å². The van der Waals surface area contributed by atoms with Crippen molar-refractivity contribution in [2.75, 3.05) is 0 Å². The van der Waals surface area contributed by atoms with Crippen molar-refractivity contribution in [1.29, 1.82) is 0 Å². The number of hydrogen-bond donors (Lipinski definition) is 4. The van der Waals surface area contributed by atoms with Crippen LogP contribution in [0.25, 0.3) is 0 Å². The van der Waals surface area contributed by atoms with Crippen molar-refractivity contribution in [3.05, 3.63) is 0 Å². The SMILES string of the molecule is C[C@@H]1O[C@H](O)[C@H](O)[C@@H](O)[C@@H]1N. The lowest BCUT2D eigenvalue weighted by atomic mass is 9.98. The van der Waals surface area contributed by atoms with Gasteiger partial charge in [0, 0.05) is 0 Å². The number of rotatable bonds is 0. The van der Waals surface area contributed by atoms with E-state index >= 15 is 0 Å². The topological polar surface area (TPSA) is 95.9 Å². The van der Waals surface area contributed by atoms with Crippen LogP contribution in [0.5, 0.6) is 0 Å². The summed E-state index contributed by atoms with van der Waals surface area (Å²) < 4.78 is 4.80. The molecule has 1 heterocycles. The van der Waals surface area contributed by atoms with Crippen LogP contribution in [0.4, 0.5) is 0 Å². The average molecular weight is 163 g/mol. The first-order chi connectivity index (χ1) is 5.04. The van der Waals surface area contributed by atoms with E-state index in [1.165, 1.54) is 0 Å². The quantitative estimate of drug-likeness (QED) is 0.324. The fourth-order valence-electron chi connectivity index (χ4n) is 1.07. The van der Waals surface area contributed by atoms with Crippen LogP contribution in [-0.2, 0) is 4.74 Å². The third-order valence-corrected chi connectivity index (χ3v) is 1.93. The van der Waals surface area contributed by atoms with Gasteiger partial charge in [-0.3, -0.25) is 0 Å². The molecule has 0 saturated carbocycles. The van der Waals surface area contributed by atoms with Gasteiger partial charge in [-0.2, -0.15) is 0 Å². The zero-order valence-corrected chi connectivity index (χ0v) is 6.21. The first-order valence-corrected chi connectivity index (χ1v) is 3.49. The Morgan fingerprint density at radius 1 is 1.18 bits per heavy atom. The number of ether oxygens (including phenoxy) is 1. The summed E-state index contributed by atoms with van der Waals surface area (Å²) in [5.41, 5.74) is 5.43. The predicted octanol–water partition coefficient (Wildman–Crippen LogP) is -2.23. The van der Waals surface area contributed by atoms with Crippen LogP contribution in [-0.4, -0.2) is 46.0 Å². The Morgan fingerprint density at radius 3 is 2.27 bits per heavy atom. The van der Waals surface area contributed by atoms with Gasteiger partial charge >= 0.3 is 0 Å². The molecule has 66 valence electrons. The molecule has 1 rings (SSSR count). The molecular weight excluding hydrogens is 150 g/mol. The molecule has 0 unspecified atom stereocenters.